The van der Waals surface area contributed by atoms with E-state index < -0.39 is 10.9 Å². The van der Waals surface area contributed by atoms with Crippen molar-refractivity contribution < 1.29 is 24.0 Å². The Hall–Kier alpha value is -2.64. The van der Waals surface area contributed by atoms with Crippen molar-refractivity contribution in [1.82, 2.24) is 4.90 Å². The predicted octanol–water partition coefficient (Wildman–Crippen LogP) is 2.94. The van der Waals surface area contributed by atoms with E-state index in [9.17, 15) is 19.7 Å². The van der Waals surface area contributed by atoms with Gasteiger partial charge in [-0.05, 0) is 37.7 Å². The van der Waals surface area contributed by atoms with Crippen LogP contribution < -0.4 is 4.74 Å². The maximum atomic E-state index is 12.6. The minimum absolute atomic E-state index is 0.0614. The number of ether oxygens (including phenoxy) is 2. The number of likely N-dealkylation sites (tertiary alicyclic amines) is 1. The van der Waals surface area contributed by atoms with E-state index >= 15 is 0 Å². The molecular weight excluding hydrogens is 352 g/mol. The number of nitro groups is 1. The molecule has 1 aromatic rings. The first kappa shape index (κ1) is 19.1. The fourth-order valence-corrected chi connectivity index (χ4v) is 4.19. The van der Waals surface area contributed by atoms with Crippen LogP contribution in [0.5, 0.6) is 5.75 Å². The summed E-state index contributed by atoms with van der Waals surface area (Å²) in [5.41, 5.74) is -0.302. The van der Waals surface area contributed by atoms with E-state index in [-0.39, 0.29) is 35.6 Å². The topological polar surface area (TPSA) is 99.0 Å². The zero-order valence-electron chi connectivity index (χ0n) is 15.4. The lowest BCUT2D eigenvalue weighted by Gasteiger charge is -2.44. The average Bonchev–Trinajstić information content (AvgIpc) is 2.70. The molecule has 27 heavy (non-hydrogen) atoms. The molecular formula is C19H24N2O6. The molecule has 3 rings (SSSR count). The van der Waals surface area contributed by atoms with Gasteiger partial charge in [0.1, 0.15) is 11.3 Å². The molecule has 8 nitrogen and oxygen atoms in total. The molecule has 1 heterocycles. The molecule has 0 unspecified atom stereocenters. The number of carbonyl (C=O) groups is 2. The minimum Gasteiger partial charge on any atom is -0.496 e. The summed E-state index contributed by atoms with van der Waals surface area (Å²) in [7, 11) is 1.36. The average molecular weight is 376 g/mol. The number of nitrogens with zero attached hydrogens (tertiary/aromatic N) is 2. The SMILES string of the molecule is COc1ccc([N+](=O)[O-])cc1C(=O)OCC(=O)N1CCC[C@H]2CCCC[C@@H]21. The van der Waals surface area contributed by atoms with Crippen molar-refractivity contribution in [2.24, 2.45) is 5.92 Å². The van der Waals surface area contributed by atoms with E-state index in [0.29, 0.717) is 12.5 Å². The van der Waals surface area contributed by atoms with Gasteiger partial charge in [-0.1, -0.05) is 12.8 Å². The van der Waals surface area contributed by atoms with E-state index in [0.717, 1.165) is 38.2 Å². The second-order valence-corrected chi connectivity index (χ2v) is 7.06. The number of methoxy groups -OCH3 is 1. The highest BCUT2D eigenvalue weighted by molar-refractivity contribution is 5.94. The van der Waals surface area contributed by atoms with E-state index in [2.05, 4.69) is 0 Å². The third-order valence-corrected chi connectivity index (χ3v) is 5.50. The van der Waals surface area contributed by atoms with Crippen molar-refractivity contribution in [3.8, 4) is 5.75 Å². The van der Waals surface area contributed by atoms with Gasteiger partial charge in [-0.15, -0.1) is 0 Å². The molecule has 2 aliphatic rings. The third-order valence-electron chi connectivity index (χ3n) is 5.50. The first-order valence-corrected chi connectivity index (χ1v) is 9.30. The van der Waals surface area contributed by atoms with E-state index in [4.69, 9.17) is 9.47 Å². The zero-order chi connectivity index (χ0) is 19.4. The van der Waals surface area contributed by atoms with Gasteiger partial charge < -0.3 is 14.4 Å². The number of nitro benzene ring substituents is 1. The predicted molar refractivity (Wildman–Crippen MR) is 96.6 cm³/mol. The molecule has 2 fully saturated rings. The van der Waals surface area contributed by atoms with Crippen molar-refractivity contribution in [1.29, 1.82) is 0 Å². The maximum absolute atomic E-state index is 12.6. The Kier molecular flexibility index (Phi) is 5.93. The fraction of sp³-hybridized carbons (Fsp3) is 0.579. The fourth-order valence-electron chi connectivity index (χ4n) is 4.19. The number of non-ortho nitro benzene ring substituents is 1. The second-order valence-electron chi connectivity index (χ2n) is 7.06. The number of benzene rings is 1. The van der Waals surface area contributed by atoms with Gasteiger partial charge in [-0.2, -0.15) is 0 Å². The summed E-state index contributed by atoms with van der Waals surface area (Å²) in [5, 5.41) is 10.9. The number of amides is 1. The summed E-state index contributed by atoms with van der Waals surface area (Å²) in [6.45, 7) is 0.325. The summed E-state index contributed by atoms with van der Waals surface area (Å²) >= 11 is 0. The molecule has 8 heteroatoms. The van der Waals surface area contributed by atoms with E-state index in [1.54, 1.807) is 0 Å². The molecule has 1 saturated heterocycles. The minimum atomic E-state index is -0.805. The number of fused-ring (bicyclic) bond motifs is 1. The van der Waals surface area contributed by atoms with Crippen molar-refractivity contribution >= 4 is 17.6 Å². The number of hydrogen-bond donors (Lipinski definition) is 0. The lowest BCUT2D eigenvalue weighted by Crippen LogP contribution is -2.50. The number of piperidine rings is 1. The van der Waals surface area contributed by atoms with Crippen LogP contribution in [0.1, 0.15) is 48.9 Å². The molecule has 1 amide bonds. The lowest BCUT2D eigenvalue weighted by molar-refractivity contribution is -0.384. The summed E-state index contributed by atoms with van der Waals surface area (Å²) in [6, 6.07) is 3.93. The van der Waals surface area contributed by atoms with Gasteiger partial charge in [0.05, 0.1) is 12.0 Å². The molecule has 1 aromatic carbocycles. The Morgan fingerprint density at radius 3 is 2.70 bits per heavy atom. The van der Waals surface area contributed by atoms with Crippen LogP contribution in [0.15, 0.2) is 18.2 Å². The highest BCUT2D eigenvalue weighted by atomic mass is 16.6. The Balaban J connectivity index is 1.65. The second kappa shape index (κ2) is 8.37. The number of hydrogen-bond acceptors (Lipinski definition) is 6. The van der Waals surface area contributed by atoms with Crippen LogP contribution >= 0.6 is 0 Å². The van der Waals surface area contributed by atoms with Crippen molar-refractivity contribution in [3.05, 3.63) is 33.9 Å². The molecule has 0 radical (unpaired) electrons. The monoisotopic (exact) mass is 376 g/mol. The van der Waals surface area contributed by atoms with Crippen LogP contribution in [0.25, 0.3) is 0 Å². The molecule has 0 N–H and O–H groups in total. The first-order valence-electron chi connectivity index (χ1n) is 9.30. The Morgan fingerprint density at radius 2 is 1.96 bits per heavy atom. The molecule has 2 atom stereocenters. The molecule has 1 aliphatic carbocycles. The van der Waals surface area contributed by atoms with Gasteiger partial charge in [0.25, 0.3) is 11.6 Å². The van der Waals surface area contributed by atoms with Crippen molar-refractivity contribution in [2.75, 3.05) is 20.3 Å². The van der Waals surface area contributed by atoms with Gasteiger partial charge in [0.15, 0.2) is 6.61 Å². The Bertz CT molecular complexity index is 733. The van der Waals surface area contributed by atoms with Crippen LogP contribution in [0.4, 0.5) is 5.69 Å². The zero-order valence-corrected chi connectivity index (χ0v) is 15.4. The van der Waals surface area contributed by atoms with Gasteiger partial charge in [-0.3, -0.25) is 14.9 Å². The summed E-state index contributed by atoms with van der Waals surface area (Å²) in [6.07, 6.45) is 6.61. The van der Waals surface area contributed by atoms with Crippen LogP contribution in [0.3, 0.4) is 0 Å². The number of carbonyl (C=O) groups excluding carboxylic acids is 2. The Labute approximate surface area is 157 Å². The van der Waals surface area contributed by atoms with Gasteiger partial charge in [0.2, 0.25) is 0 Å². The molecule has 1 saturated carbocycles. The summed E-state index contributed by atoms with van der Waals surface area (Å²) in [5.74, 6) is -0.294. The summed E-state index contributed by atoms with van der Waals surface area (Å²) < 4.78 is 10.2. The normalized spacial score (nSPS) is 21.9. The third kappa shape index (κ3) is 4.20. The number of esters is 1. The standard InChI is InChI=1S/C19H24N2O6/c1-26-17-9-8-14(21(24)25)11-15(17)19(23)27-12-18(22)20-10-4-6-13-5-2-3-7-16(13)20/h8-9,11,13,16H,2-7,10,12H2,1H3/t13-,16+/m1/s1. The van der Waals surface area contributed by atoms with Crippen LogP contribution in [0, 0.1) is 16.0 Å². The molecule has 146 valence electrons. The summed E-state index contributed by atoms with van der Waals surface area (Å²) in [4.78, 5) is 37.2. The maximum Gasteiger partial charge on any atom is 0.342 e. The first-order chi connectivity index (χ1) is 13.0. The van der Waals surface area contributed by atoms with E-state index in [1.807, 2.05) is 4.90 Å². The van der Waals surface area contributed by atoms with E-state index in [1.165, 1.54) is 25.7 Å². The van der Waals surface area contributed by atoms with Gasteiger partial charge in [0, 0.05) is 24.7 Å². The van der Waals surface area contributed by atoms with Crippen LogP contribution in [-0.4, -0.2) is 48.0 Å². The highest BCUT2D eigenvalue weighted by Crippen LogP contribution is 2.35. The molecule has 0 spiro atoms. The molecule has 0 bridgehead atoms. The largest absolute Gasteiger partial charge is 0.496 e. The van der Waals surface area contributed by atoms with Crippen LogP contribution in [0.2, 0.25) is 0 Å². The van der Waals surface area contributed by atoms with Crippen LogP contribution in [-0.2, 0) is 9.53 Å². The quantitative estimate of drug-likeness (QED) is 0.445. The lowest BCUT2D eigenvalue weighted by atomic mass is 9.78. The highest BCUT2D eigenvalue weighted by Gasteiger charge is 2.36. The smallest absolute Gasteiger partial charge is 0.342 e. The molecule has 0 aromatic heterocycles. The van der Waals surface area contributed by atoms with Crippen molar-refractivity contribution in [3.63, 3.8) is 0 Å². The number of rotatable bonds is 5. The molecule has 1 aliphatic heterocycles. The van der Waals surface area contributed by atoms with Gasteiger partial charge >= 0.3 is 5.97 Å². The van der Waals surface area contributed by atoms with Crippen molar-refractivity contribution in [2.45, 2.75) is 44.6 Å². The Morgan fingerprint density at radius 1 is 1.22 bits per heavy atom. The van der Waals surface area contributed by atoms with Gasteiger partial charge in [-0.25, -0.2) is 4.79 Å².